The Morgan fingerprint density at radius 2 is 1.98 bits per heavy atom. The van der Waals surface area contributed by atoms with Crippen molar-refractivity contribution in [1.29, 1.82) is 0 Å². The molecule has 3 aliphatic rings. The Morgan fingerprint density at radius 1 is 1.18 bits per heavy atom. The van der Waals surface area contributed by atoms with Gasteiger partial charge in [0.25, 0.3) is 0 Å². The second-order valence-corrected chi connectivity index (χ2v) is 12.0. The minimum absolute atomic E-state index is 0.0341. The Kier molecular flexibility index (Phi) is 8.31. The maximum atomic E-state index is 16.5. The number of methoxy groups -OCH3 is 1. The molecule has 8 nitrogen and oxygen atoms in total. The molecule has 4 heterocycles. The van der Waals surface area contributed by atoms with Crippen molar-refractivity contribution in [1.82, 2.24) is 19.9 Å². The van der Waals surface area contributed by atoms with Crippen LogP contribution in [0.4, 0.5) is 22.0 Å². The van der Waals surface area contributed by atoms with E-state index in [4.69, 9.17) is 30.5 Å². The fourth-order valence-electron chi connectivity index (χ4n) is 6.28. The Bertz CT molecular complexity index is 1610. The van der Waals surface area contributed by atoms with Crippen LogP contribution in [0.2, 0.25) is 5.02 Å². The molecule has 2 saturated heterocycles. The first kappa shape index (κ1) is 30.7. The van der Waals surface area contributed by atoms with Gasteiger partial charge in [0, 0.05) is 30.4 Å². The second kappa shape index (κ2) is 11.9. The molecule has 3 aromatic rings. The number of rotatable bonds is 10. The van der Waals surface area contributed by atoms with Crippen molar-refractivity contribution < 1.29 is 40.9 Å². The van der Waals surface area contributed by atoms with Crippen molar-refractivity contribution in [3.05, 3.63) is 46.6 Å². The van der Waals surface area contributed by atoms with Gasteiger partial charge in [0.15, 0.2) is 19.2 Å². The van der Waals surface area contributed by atoms with Crippen molar-refractivity contribution >= 4 is 22.5 Å². The summed E-state index contributed by atoms with van der Waals surface area (Å²) in [6, 6.07) is 2.86. The predicted octanol–water partition coefficient (Wildman–Crippen LogP) is 7.00. The quantitative estimate of drug-likeness (QED) is 0.173. The average Bonchev–Trinajstić information content (AvgIpc) is 3.40. The number of pyridine rings is 1. The summed E-state index contributed by atoms with van der Waals surface area (Å²) in [6.45, 7) is 1.56. The molecule has 6 rings (SSSR count). The monoisotopic (exact) mass is 640 g/mol. The van der Waals surface area contributed by atoms with E-state index >= 15 is 4.39 Å². The number of ether oxygens (including phenoxy) is 4. The van der Waals surface area contributed by atoms with Gasteiger partial charge < -0.3 is 18.9 Å². The highest BCUT2D eigenvalue weighted by molar-refractivity contribution is 6.32. The lowest BCUT2D eigenvalue weighted by Gasteiger charge is -2.30. The molecule has 44 heavy (non-hydrogen) atoms. The van der Waals surface area contributed by atoms with Crippen molar-refractivity contribution in [2.24, 2.45) is 5.92 Å². The maximum absolute atomic E-state index is 16.5. The largest absolute Gasteiger partial charge is 0.467 e. The second-order valence-electron chi connectivity index (χ2n) is 11.6. The van der Waals surface area contributed by atoms with E-state index in [0.29, 0.717) is 52.7 Å². The van der Waals surface area contributed by atoms with Gasteiger partial charge >= 0.3 is 12.2 Å². The smallest absolute Gasteiger partial charge is 0.422 e. The molecular weight excluding hydrogens is 611 g/mol. The number of aromatic nitrogens is 3. The summed E-state index contributed by atoms with van der Waals surface area (Å²) in [5.74, 6) is -0.745. The van der Waals surface area contributed by atoms with E-state index < -0.39 is 30.0 Å². The van der Waals surface area contributed by atoms with Gasteiger partial charge in [0.05, 0.1) is 17.3 Å². The molecule has 1 aromatic carbocycles. The summed E-state index contributed by atoms with van der Waals surface area (Å²) in [5, 5.41) is 0.204. The topological polar surface area (TPSA) is 78.8 Å². The number of hydrogen-bond acceptors (Lipinski definition) is 8. The first-order chi connectivity index (χ1) is 21.0. The Labute approximate surface area is 255 Å². The van der Waals surface area contributed by atoms with E-state index in [-0.39, 0.29) is 41.9 Å². The van der Waals surface area contributed by atoms with Crippen LogP contribution in [0.25, 0.3) is 22.2 Å². The Balaban J connectivity index is 1.43. The summed E-state index contributed by atoms with van der Waals surface area (Å²) in [5.41, 5.74) is 0.723. The van der Waals surface area contributed by atoms with Crippen LogP contribution in [0.1, 0.15) is 44.1 Å². The summed E-state index contributed by atoms with van der Waals surface area (Å²) >= 11 is 6.66. The van der Waals surface area contributed by atoms with Crippen molar-refractivity contribution in [2.75, 3.05) is 40.2 Å². The zero-order valence-electron chi connectivity index (χ0n) is 24.0. The van der Waals surface area contributed by atoms with Gasteiger partial charge in [-0.25, -0.2) is 8.78 Å². The van der Waals surface area contributed by atoms with Crippen LogP contribution in [0.15, 0.2) is 30.2 Å². The number of halogens is 6. The lowest BCUT2D eigenvalue weighted by molar-refractivity contribution is -0.153. The van der Waals surface area contributed by atoms with Crippen molar-refractivity contribution in [2.45, 2.75) is 50.2 Å². The van der Waals surface area contributed by atoms with E-state index in [1.807, 2.05) is 6.92 Å². The van der Waals surface area contributed by atoms with E-state index in [1.165, 1.54) is 13.3 Å². The van der Waals surface area contributed by atoms with Gasteiger partial charge in [-0.15, -0.1) is 0 Å². The fraction of sp³-hybridized carbons (Fsp3) is 0.500. The number of alkyl halides is 3. The summed E-state index contributed by atoms with van der Waals surface area (Å²) in [6.07, 6.45) is -0.0350. The van der Waals surface area contributed by atoms with Gasteiger partial charge in [0.2, 0.25) is 5.88 Å². The van der Waals surface area contributed by atoms with Crippen LogP contribution in [-0.4, -0.2) is 71.8 Å². The van der Waals surface area contributed by atoms with Crippen molar-refractivity contribution in [3.63, 3.8) is 0 Å². The highest BCUT2D eigenvalue weighted by Crippen LogP contribution is 2.53. The summed E-state index contributed by atoms with van der Waals surface area (Å²) in [4.78, 5) is 14.7. The van der Waals surface area contributed by atoms with E-state index in [1.54, 1.807) is 12.1 Å². The molecule has 0 bridgehead atoms. The first-order valence-electron chi connectivity index (χ1n) is 14.2. The lowest BCUT2D eigenvalue weighted by Crippen LogP contribution is -2.43. The van der Waals surface area contributed by atoms with Gasteiger partial charge in [0.1, 0.15) is 23.6 Å². The van der Waals surface area contributed by atoms with Gasteiger partial charge in [-0.1, -0.05) is 18.5 Å². The van der Waals surface area contributed by atoms with E-state index in [9.17, 15) is 17.6 Å². The summed E-state index contributed by atoms with van der Waals surface area (Å²) in [7, 11) is 1.46. The third-order valence-electron chi connectivity index (χ3n) is 8.50. The molecule has 0 amide bonds. The Morgan fingerprint density at radius 3 is 2.68 bits per heavy atom. The van der Waals surface area contributed by atoms with Gasteiger partial charge in [-0.3, -0.25) is 9.88 Å². The minimum Gasteiger partial charge on any atom is -0.467 e. The molecule has 3 fully saturated rings. The third-order valence-corrected chi connectivity index (χ3v) is 8.81. The van der Waals surface area contributed by atoms with Crippen molar-refractivity contribution in [3.8, 4) is 28.9 Å². The van der Waals surface area contributed by atoms with Crippen LogP contribution in [0.3, 0.4) is 0 Å². The molecule has 3 atom stereocenters. The zero-order valence-corrected chi connectivity index (χ0v) is 24.8. The SMILES string of the molecule is COCOc1cc(Cl)c([C@H]2C[C@H]2C)c(-c2ncc3c(OCC(F)(F)F)nc(OCC45CCCN4C/C(=C\F)C5)nc3c2F)c1. The average molecular weight is 641 g/mol. The normalized spacial score (nSPS) is 24.2. The molecule has 14 heteroatoms. The molecule has 2 aromatic heterocycles. The zero-order chi connectivity index (χ0) is 31.2. The lowest BCUT2D eigenvalue weighted by atomic mass is 9.94. The molecule has 1 saturated carbocycles. The van der Waals surface area contributed by atoms with Crippen LogP contribution < -0.4 is 14.2 Å². The maximum Gasteiger partial charge on any atom is 0.422 e. The molecule has 1 aliphatic carbocycles. The highest BCUT2D eigenvalue weighted by atomic mass is 35.5. The first-order valence-corrected chi connectivity index (χ1v) is 14.6. The number of benzene rings is 1. The van der Waals surface area contributed by atoms with E-state index in [0.717, 1.165) is 25.8 Å². The molecule has 0 radical (unpaired) electrons. The van der Waals surface area contributed by atoms with Crippen LogP contribution in [0, 0.1) is 11.7 Å². The van der Waals surface area contributed by atoms with Gasteiger partial charge in [-0.05, 0) is 67.3 Å². The standard InChI is InChI=1S/C30H30ClF5N4O4/c1-16-6-19(16)23-20(7-18(8-22(23)31)44-15-41-2)25-24(33)26-21(11-37-25)27(42-14-30(34,35)36)39-28(38-26)43-13-29-4-3-5-40(29)12-17(9-29)10-32/h7-8,10-11,16,19H,3-6,9,12-15H2,1-2H3/b17-10-/t16-,19+,29?/m1/s1. The predicted molar refractivity (Wildman–Crippen MR) is 151 cm³/mol. The number of nitrogens with zero attached hydrogens (tertiary/aromatic N) is 4. The minimum atomic E-state index is -4.68. The van der Waals surface area contributed by atoms with E-state index in [2.05, 4.69) is 19.9 Å². The Hall–Kier alpha value is -3.29. The van der Waals surface area contributed by atoms with Crippen LogP contribution in [-0.2, 0) is 4.74 Å². The summed E-state index contributed by atoms with van der Waals surface area (Å²) < 4.78 is 90.7. The highest BCUT2D eigenvalue weighted by Gasteiger charge is 2.47. The number of fused-ring (bicyclic) bond motifs is 2. The molecular formula is C30H30ClF5N4O4. The molecule has 0 N–H and O–H groups in total. The molecule has 2 aliphatic heterocycles. The molecule has 236 valence electrons. The number of hydrogen-bond donors (Lipinski definition) is 0. The van der Waals surface area contributed by atoms with Crippen LogP contribution >= 0.6 is 11.6 Å². The third kappa shape index (κ3) is 6.01. The van der Waals surface area contributed by atoms with Gasteiger partial charge in [-0.2, -0.15) is 23.1 Å². The fourth-order valence-corrected chi connectivity index (χ4v) is 6.62. The molecule has 1 unspecified atom stereocenters. The molecule has 0 spiro atoms. The van der Waals surface area contributed by atoms with Crippen LogP contribution in [0.5, 0.6) is 17.6 Å².